The van der Waals surface area contributed by atoms with E-state index in [1.165, 1.54) is 0 Å². The summed E-state index contributed by atoms with van der Waals surface area (Å²) >= 11 is 0. The van der Waals surface area contributed by atoms with E-state index in [0.29, 0.717) is 17.6 Å². The Hall–Kier alpha value is -1.22. The third kappa shape index (κ3) is 1.82. The third-order valence-electron chi connectivity index (χ3n) is 2.26. The zero-order valence-electron chi connectivity index (χ0n) is 8.19. The summed E-state index contributed by atoms with van der Waals surface area (Å²) in [5.74, 6) is 1.39. The van der Waals surface area contributed by atoms with E-state index < -0.39 is 0 Å². The predicted molar refractivity (Wildman–Crippen MR) is 52.6 cm³/mol. The fourth-order valence-electron chi connectivity index (χ4n) is 1.33. The molecule has 1 aliphatic rings. The van der Waals surface area contributed by atoms with Gasteiger partial charge in [-0.25, -0.2) is 0 Å². The Morgan fingerprint density at radius 2 is 2.21 bits per heavy atom. The van der Waals surface area contributed by atoms with Crippen molar-refractivity contribution in [2.24, 2.45) is 0 Å². The lowest BCUT2D eigenvalue weighted by Crippen LogP contribution is -2.02. The van der Waals surface area contributed by atoms with Crippen molar-refractivity contribution in [3.05, 3.63) is 23.8 Å². The second kappa shape index (κ2) is 3.88. The molecule has 2 rings (SSSR count). The van der Waals surface area contributed by atoms with E-state index in [1.54, 1.807) is 7.11 Å². The van der Waals surface area contributed by atoms with Crippen molar-refractivity contribution >= 4 is 0 Å². The predicted octanol–water partition coefficient (Wildman–Crippen LogP) is 1.73. The average Bonchev–Trinajstić information content (AvgIpc) is 3.02. The second-order valence-electron chi connectivity index (χ2n) is 3.42. The Morgan fingerprint density at radius 3 is 2.79 bits per heavy atom. The number of aliphatic hydroxyl groups excluding tert-OH is 1. The maximum atomic E-state index is 9.14. The van der Waals surface area contributed by atoms with Crippen LogP contribution in [0.5, 0.6) is 11.5 Å². The van der Waals surface area contributed by atoms with Crippen LogP contribution >= 0.6 is 0 Å². The first-order chi connectivity index (χ1) is 6.85. The maximum Gasteiger partial charge on any atom is 0.167 e. The SMILES string of the molecule is COc1cccc(CO)c1OC1CC1. The highest BCUT2D eigenvalue weighted by Crippen LogP contribution is 2.36. The first-order valence-electron chi connectivity index (χ1n) is 4.78. The quantitative estimate of drug-likeness (QED) is 0.793. The molecule has 1 saturated carbocycles. The van der Waals surface area contributed by atoms with E-state index in [0.717, 1.165) is 18.4 Å². The fraction of sp³-hybridized carbons (Fsp3) is 0.455. The van der Waals surface area contributed by atoms with Crippen molar-refractivity contribution < 1.29 is 14.6 Å². The van der Waals surface area contributed by atoms with E-state index in [1.807, 2.05) is 18.2 Å². The number of ether oxygens (including phenoxy) is 2. The number of benzene rings is 1. The number of methoxy groups -OCH3 is 1. The molecule has 76 valence electrons. The molecule has 14 heavy (non-hydrogen) atoms. The number of para-hydroxylation sites is 1. The van der Waals surface area contributed by atoms with E-state index in [4.69, 9.17) is 14.6 Å². The molecule has 1 fully saturated rings. The van der Waals surface area contributed by atoms with Gasteiger partial charge in [0.05, 0.1) is 19.8 Å². The highest BCUT2D eigenvalue weighted by Gasteiger charge is 2.26. The summed E-state index contributed by atoms with van der Waals surface area (Å²) in [5.41, 5.74) is 0.788. The van der Waals surface area contributed by atoms with Crippen LogP contribution in [-0.4, -0.2) is 18.3 Å². The van der Waals surface area contributed by atoms with Crippen LogP contribution in [0.2, 0.25) is 0 Å². The van der Waals surface area contributed by atoms with E-state index in [-0.39, 0.29) is 6.61 Å². The number of aliphatic hydroxyl groups is 1. The van der Waals surface area contributed by atoms with Gasteiger partial charge in [-0.15, -0.1) is 0 Å². The molecule has 0 spiro atoms. The lowest BCUT2D eigenvalue weighted by Gasteiger charge is -2.13. The topological polar surface area (TPSA) is 38.7 Å². The third-order valence-corrected chi connectivity index (χ3v) is 2.26. The van der Waals surface area contributed by atoms with Crippen molar-refractivity contribution in [2.75, 3.05) is 7.11 Å². The minimum Gasteiger partial charge on any atom is -0.493 e. The Balaban J connectivity index is 2.29. The molecule has 0 aromatic heterocycles. The van der Waals surface area contributed by atoms with Crippen LogP contribution in [0.15, 0.2) is 18.2 Å². The van der Waals surface area contributed by atoms with Crippen LogP contribution < -0.4 is 9.47 Å². The number of hydrogen-bond acceptors (Lipinski definition) is 3. The first-order valence-corrected chi connectivity index (χ1v) is 4.78. The molecule has 1 aromatic rings. The molecule has 0 saturated heterocycles. The molecule has 3 nitrogen and oxygen atoms in total. The Morgan fingerprint density at radius 1 is 1.43 bits per heavy atom. The van der Waals surface area contributed by atoms with Crippen LogP contribution in [-0.2, 0) is 6.61 Å². The van der Waals surface area contributed by atoms with Crippen LogP contribution in [0, 0.1) is 0 Å². The van der Waals surface area contributed by atoms with Gasteiger partial charge < -0.3 is 14.6 Å². The molecule has 0 unspecified atom stereocenters. The molecule has 0 radical (unpaired) electrons. The van der Waals surface area contributed by atoms with Gasteiger partial charge in [0.2, 0.25) is 0 Å². The normalized spacial score (nSPS) is 15.3. The van der Waals surface area contributed by atoms with Gasteiger partial charge in [0, 0.05) is 5.56 Å². The highest BCUT2D eigenvalue weighted by atomic mass is 16.5. The molecule has 1 aromatic carbocycles. The molecule has 0 atom stereocenters. The van der Waals surface area contributed by atoms with Crippen LogP contribution in [0.1, 0.15) is 18.4 Å². The van der Waals surface area contributed by atoms with E-state index >= 15 is 0 Å². The van der Waals surface area contributed by atoms with Crippen molar-refractivity contribution in [1.29, 1.82) is 0 Å². The molecular formula is C11H14O3. The zero-order chi connectivity index (χ0) is 9.97. The molecular weight excluding hydrogens is 180 g/mol. The Labute approximate surface area is 83.3 Å². The number of hydrogen-bond donors (Lipinski definition) is 1. The molecule has 3 heteroatoms. The summed E-state index contributed by atoms with van der Waals surface area (Å²) in [6.45, 7) is -0.0146. The van der Waals surface area contributed by atoms with Crippen LogP contribution in [0.4, 0.5) is 0 Å². The summed E-state index contributed by atoms with van der Waals surface area (Å²) in [6.07, 6.45) is 2.52. The van der Waals surface area contributed by atoms with Crippen molar-refractivity contribution in [2.45, 2.75) is 25.6 Å². The smallest absolute Gasteiger partial charge is 0.167 e. The van der Waals surface area contributed by atoms with Gasteiger partial charge >= 0.3 is 0 Å². The monoisotopic (exact) mass is 194 g/mol. The highest BCUT2D eigenvalue weighted by molar-refractivity contribution is 5.46. The average molecular weight is 194 g/mol. The molecule has 0 bridgehead atoms. The van der Waals surface area contributed by atoms with Crippen molar-refractivity contribution in [3.8, 4) is 11.5 Å². The molecule has 1 N–H and O–H groups in total. The minimum absolute atomic E-state index is 0.0146. The van der Waals surface area contributed by atoms with Crippen molar-refractivity contribution in [3.63, 3.8) is 0 Å². The molecule has 0 aliphatic heterocycles. The first kappa shape index (κ1) is 9.34. The molecule has 1 aliphatic carbocycles. The minimum atomic E-state index is -0.0146. The summed E-state index contributed by atoms with van der Waals surface area (Å²) < 4.78 is 10.9. The van der Waals surface area contributed by atoms with Gasteiger partial charge in [0.1, 0.15) is 0 Å². The lowest BCUT2D eigenvalue weighted by molar-refractivity contribution is 0.249. The van der Waals surface area contributed by atoms with Crippen LogP contribution in [0.3, 0.4) is 0 Å². The molecule has 0 amide bonds. The fourth-order valence-corrected chi connectivity index (χ4v) is 1.33. The lowest BCUT2D eigenvalue weighted by atomic mass is 10.2. The second-order valence-corrected chi connectivity index (χ2v) is 3.42. The van der Waals surface area contributed by atoms with Gasteiger partial charge in [0.15, 0.2) is 11.5 Å². The largest absolute Gasteiger partial charge is 0.493 e. The van der Waals surface area contributed by atoms with Crippen molar-refractivity contribution in [1.82, 2.24) is 0 Å². The zero-order valence-corrected chi connectivity index (χ0v) is 8.19. The van der Waals surface area contributed by atoms with Crippen LogP contribution in [0.25, 0.3) is 0 Å². The van der Waals surface area contributed by atoms with Gasteiger partial charge in [0.25, 0.3) is 0 Å². The van der Waals surface area contributed by atoms with Gasteiger partial charge in [-0.1, -0.05) is 12.1 Å². The summed E-state index contributed by atoms with van der Waals surface area (Å²) in [7, 11) is 1.61. The molecule has 0 heterocycles. The van der Waals surface area contributed by atoms with Gasteiger partial charge in [-0.2, -0.15) is 0 Å². The summed E-state index contributed by atoms with van der Waals surface area (Å²) in [6, 6.07) is 5.54. The number of rotatable bonds is 4. The Kier molecular flexibility index (Phi) is 2.59. The standard InChI is InChI=1S/C11H14O3/c1-13-10-4-2-3-8(7-12)11(10)14-9-5-6-9/h2-4,9,12H,5-7H2,1H3. The maximum absolute atomic E-state index is 9.14. The van der Waals surface area contributed by atoms with E-state index in [9.17, 15) is 0 Å². The van der Waals surface area contributed by atoms with E-state index in [2.05, 4.69) is 0 Å². The summed E-state index contributed by atoms with van der Waals surface area (Å²) in [5, 5.41) is 9.14. The Bertz CT molecular complexity index is 296. The van der Waals surface area contributed by atoms with Gasteiger partial charge in [-0.3, -0.25) is 0 Å². The van der Waals surface area contributed by atoms with Gasteiger partial charge in [-0.05, 0) is 18.9 Å². The summed E-state index contributed by atoms with van der Waals surface area (Å²) in [4.78, 5) is 0.